The summed E-state index contributed by atoms with van der Waals surface area (Å²) in [6.45, 7) is 13.0. The van der Waals surface area contributed by atoms with Crippen LogP contribution in [0.15, 0.2) is 67.1 Å². The summed E-state index contributed by atoms with van der Waals surface area (Å²) >= 11 is 0. The maximum Gasteiger partial charge on any atom is 0.137 e. The maximum atomic E-state index is 4.90. The highest BCUT2D eigenvalue weighted by Gasteiger charge is 2.21. The van der Waals surface area contributed by atoms with Gasteiger partial charge in [0.1, 0.15) is 11.5 Å². The second kappa shape index (κ2) is 9.03. The number of nitrogens with zero attached hydrogens (tertiary/aromatic N) is 6. The summed E-state index contributed by atoms with van der Waals surface area (Å²) in [6.07, 6.45) is 6.09. The van der Waals surface area contributed by atoms with Crippen LogP contribution in [0.1, 0.15) is 25.1 Å². The van der Waals surface area contributed by atoms with Crippen LogP contribution in [0.3, 0.4) is 0 Å². The number of aryl methyl sites for hydroxylation is 2. The van der Waals surface area contributed by atoms with Crippen LogP contribution in [0.25, 0.3) is 38.9 Å². The maximum absolute atomic E-state index is 4.90. The molecule has 6 heteroatoms. The number of fused-ring (bicyclic) bond motifs is 2. The molecular weight excluding hydrogens is 444 g/mol. The van der Waals surface area contributed by atoms with Gasteiger partial charge in [0.05, 0.1) is 17.4 Å². The van der Waals surface area contributed by atoms with Crippen molar-refractivity contribution in [2.75, 3.05) is 31.1 Å². The average molecular weight is 477 g/mol. The van der Waals surface area contributed by atoms with Crippen molar-refractivity contribution in [1.29, 1.82) is 0 Å². The van der Waals surface area contributed by atoms with Crippen LogP contribution in [-0.4, -0.2) is 56.5 Å². The Balaban J connectivity index is 1.31. The molecule has 1 aliphatic rings. The van der Waals surface area contributed by atoms with Gasteiger partial charge in [0.15, 0.2) is 0 Å². The molecule has 0 bridgehead atoms. The molecule has 0 aliphatic carbocycles. The quantitative estimate of drug-likeness (QED) is 0.330. The van der Waals surface area contributed by atoms with E-state index in [4.69, 9.17) is 15.0 Å². The zero-order valence-electron chi connectivity index (χ0n) is 21.4. The standard InChI is InChI=1S/C30H32N6/c1-20(2)34-11-13-35(14-12-34)30-21(3)15-24(18-32-30)23-9-10-36-28(19-31-29(36)17-23)26-16-22(4)33-27-8-6-5-7-25(26)27/h5-10,15-20H,11-14H2,1-4H3. The van der Waals surface area contributed by atoms with E-state index in [1.54, 1.807) is 0 Å². The highest BCUT2D eigenvalue weighted by molar-refractivity contribution is 5.94. The second-order valence-electron chi connectivity index (χ2n) is 10.1. The minimum atomic E-state index is 0.600. The lowest BCUT2D eigenvalue weighted by Gasteiger charge is -2.38. The van der Waals surface area contributed by atoms with E-state index in [0.717, 1.165) is 76.6 Å². The van der Waals surface area contributed by atoms with Gasteiger partial charge in [-0.1, -0.05) is 18.2 Å². The fraction of sp³-hybridized carbons (Fsp3) is 0.300. The number of piperazine rings is 1. The molecule has 0 saturated carbocycles. The zero-order valence-corrected chi connectivity index (χ0v) is 21.4. The Kier molecular flexibility index (Phi) is 5.69. The van der Waals surface area contributed by atoms with Gasteiger partial charge in [0.2, 0.25) is 0 Å². The molecule has 0 atom stereocenters. The van der Waals surface area contributed by atoms with E-state index in [-0.39, 0.29) is 0 Å². The Hall–Kier alpha value is -3.77. The summed E-state index contributed by atoms with van der Waals surface area (Å²) in [5.74, 6) is 1.10. The SMILES string of the molecule is Cc1cc(-c2cnc3cc(-c4cnc(N5CCN(C(C)C)CC5)c(C)c4)ccn23)c2ccccc2n1. The number of anilines is 1. The van der Waals surface area contributed by atoms with E-state index in [9.17, 15) is 0 Å². The van der Waals surface area contributed by atoms with Gasteiger partial charge in [0, 0.05) is 66.8 Å². The largest absolute Gasteiger partial charge is 0.354 e. The van der Waals surface area contributed by atoms with E-state index in [1.165, 1.54) is 5.56 Å². The van der Waals surface area contributed by atoms with Crippen molar-refractivity contribution in [3.8, 4) is 22.4 Å². The molecule has 0 unspecified atom stereocenters. The molecule has 6 nitrogen and oxygen atoms in total. The molecule has 6 rings (SSSR count). The van der Waals surface area contributed by atoms with Gasteiger partial charge >= 0.3 is 0 Å². The van der Waals surface area contributed by atoms with Gasteiger partial charge in [-0.05, 0) is 69.2 Å². The summed E-state index contributed by atoms with van der Waals surface area (Å²) in [7, 11) is 0. The third-order valence-electron chi connectivity index (χ3n) is 7.36. The molecule has 0 radical (unpaired) electrons. The van der Waals surface area contributed by atoms with E-state index >= 15 is 0 Å². The fourth-order valence-electron chi connectivity index (χ4n) is 5.39. The third kappa shape index (κ3) is 4.01. The molecule has 0 amide bonds. The number of hydrogen-bond acceptors (Lipinski definition) is 5. The van der Waals surface area contributed by atoms with Crippen molar-refractivity contribution < 1.29 is 0 Å². The Morgan fingerprint density at radius 2 is 1.64 bits per heavy atom. The minimum Gasteiger partial charge on any atom is -0.354 e. The fourth-order valence-corrected chi connectivity index (χ4v) is 5.39. The van der Waals surface area contributed by atoms with Crippen molar-refractivity contribution >= 4 is 22.4 Å². The number of pyridine rings is 3. The van der Waals surface area contributed by atoms with E-state index in [2.05, 4.69) is 83.6 Å². The topological polar surface area (TPSA) is 49.6 Å². The summed E-state index contributed by atoms with van der Waals surface area (Å²) in [5, 5.41) is 1.14. The van der Waals surface area contributed by atoms with Gasteiger partial charge < -0.3 is 4.90 Å². The number of para-hydroxylation sites is 1. The molecule has 0 N–H and O–H groups in total. The number of hydrogen-bond donors (Lipinski definition) is 0. The number of imidazole rings is 1. The lowest BCUT2D eigenvalue weighted by atomic mass is 10.0. The van der Waals surface area contributed by atoms with Crippen LogP contribution in [0.5, 0.6) is 0 Å². The Morgan fingerprint density at radius 1 is 0.833 bits per heavy atom. The monoisotopic (exact) mass is 476 g/mol. The number of rotatable bonds is 4. The molecule has 1 aliphatic heterocycles. The average Bonchev–Trinajstić information content (AvgIpc) is 3.31. The zero-order chi connectivity index (χ0) is 24.8. The van der Waals surface area contributed by atoms with Crippen molar-refractivity contribution in [3.63, 3.8) is 0 Å². The molecule has 0 spiro atoms. The molecule has 182 valence electrons. The van der Waals surface area contributed by atoms with Crippen molar-refractivity contribution in [3.05, 3.63) is 78.4 Å². The van der Waals surface area contributed by atoms with Crippen LogP contribution < -0.4 is 4.90 Å². The van der Waals surface area contributed by atoms with Crippen LogP contribution >= 0.6 is 0 Å². The molecule has 1 saturated heterocycles. The molecule has 36 heavy (non-hydrogen) atoms. The first kappa shape index (κ1) is 22.7. The summed E-state index contributed by atoms with van der Waals surface area (Å²) < 4.78 is 2.16. The van der Waals surface area contributed by atoms with Crippen molar-refractivity contribution in [2.24, 2.45) is 0 Å². The third-order valence-corrected chi connectivity index (χ3v) is 7.36. The Labute approximate surface area is 212 Å². The van der Waals surface area contributed by atoms with Gasteiger partial charge in [-0.3, -0.25) is 14.3 Å². The lowest BCUT2D eigenvalue weighted by molar-refractivity contribution is 0.209. The Morgan fingerprint density at radius 3 is 2.42 bits per heavy atom. The number of benzene rings is 1. The van der Waals surface area contributed by atoms with Gasteiger partial charge in [-0.2, -0.15) is 0 Å². The van der Waals surface area contributed by atoms with E-state index < -0.39 is 0 Å². The summed E-state index contributed by atoms with van der Waals surface area (Å²) in [5.41, 5.74) is 8.62. The molecule has 5 aromatic rings. The predicted octanol–water partition coefficient (Wildman–Crippen LogP) is 5.76. The first-order valence-electron chi connectivity index (χ1n) is 12.8. The lowest BCUT2D eigenvalue weighted by Crippen LogP contribution is -2.49. The van der Waals surface area contributed by atoms with Crippen LogP contribution in [0.2, 0.25) is 0 Å². The molecular formula is C30H32N6. The normalized spacial score (nSPS) is 14.9. The minimum absolute atomic E-state index is 0.600. The second-order valence-corrected chi connectivity index (χ2v) is 10.1. The molecule has 1 aromatic carbocycles. The first-order chi connectivity index (χ1) is 17.5. The van der Waals surface area contributed by atoms with Crippen LogP contribution in [0.4, 0.5) is 5.82 Å². The highest BCUT2D eigenvalue weighted by atomic mass is 15.3. The Bertz CT molecular complexity index is 1560. The van der Waals surface area contributed by atoms with Gasteiger partial charge in [-0.15, -0.1) is 0 Å². The smallest absolute Gasteiger partial charge is 0.137 e. The molecule has 1 fully saturated rings. The predicted molar refractivity (Wildman–Crippen MR) is 148 cm³/mol. The van der Waals surface area contributed by atoms with Crippen molar-refractivity contribution in [2.45, 2.75) is 33.7 Å². The van der Waals surface area contributed by atoms with E-state index in [1.807, 2.05) is 25.4 Å². The van der Waals surface area contributed by atoms with Crippen LogP contribution in [0, 0.1) is 13.8 Å². The number of aromatic nitrogens is 4. The van der Waals surface area contributed by atoms with Crippen molar-refractivity contribution in [1.82, 2.24) is 24.3 Å². The summed E-state index contributed by atoms with van der Waals surface area (Å²) in [6, 6.07) is 17.6. The van der Waals surface area contributed by atoms with Crippen LogP contribution in [-0.2, 0) is 0 Å². The summed E-state index contributed by atoms with van der Waals surface area (Å²) in [4.78, 5) is 19.3. The van der Waals surface area contributed by atoms with E-state index in [0.29, 0.717) is 6.04 Å². The molecule has 4 aromatic heterocycles. The van der Waals surface area contributed by atoms with Gasteiger partial charge in [-0.25, -0.2) is 9.97 Å². The van der Waals surface area contributed by atoms with Gasteiger partial charge in [0.25, 0.3) is 0 Å². The highest BCUT2D eigenvalue weighted by Crippen LogP contribution is 2.31. The first-order valence-corrected chi connectivity index (χ1v) is 12.8. The molecule has 5 heterocycles.